The Balaban J connectivity index is 1.82. The molecule has 0 bridgehead atoms. The van der Waals surface area contributed by atoms with Gasteiger partial charge in [0.05, 0.1) is 4.88 Å². The zero-order valence-corrected chi connectivity index (χ0v) is 15.6. The molecule has 0 saturated heterocycles. The molecule has 1 aromatic rings. The van der Waals surface area contributed by atoms with Gasteiger partial charge in [-0.15, -0.1) is 11.3 Å². The molecular formula is C16H24N4O2S2. The van der Waals surface area contributed by atoms with Gasteiger partial charge in [0.1, 0.15) is 6.04 Å². The number of rotatable bonds is 5. The van der Waals surface area contributed by atoms with E-state index in [-0.39, 0.29) is 17.7 Å². The van der Waals surface area contributed by atoms with Crippen LogP contribution in [0.25, 0.3) is 0 Å². The highest BCUT2D eigenvalue weighted by Gasteiger charge is 2.25. The summed E-state index contributed by atoms with van der Waals surface area (Å²) >= 11 is 6.53. The van der Waals surface area contributed by atoms with Crippen LogP contribution in [-0.4, -0.2) is 29.0 Å². The van der Waals surface area contributed by atoms with Gasteiger partial charge in [-0.05, 0) is 42.4 Å². The zero-order valence-electron chi connectivity index (χ0n) is 13.9. The van der Waals surface area contributed by atoms with Crippen LogP contribution in [0.2, 0.25) is 0 Å². The van der Waals surface area contributed by atoms with E-state index in [0.29, 0.717) is 16.0 Å². The lowest BCUT2D eigenvalue weighted by Gasteiger charge is -2.22. The number of carbonyl (C=O) groups is 2. The number of hydrazine groups is 1. The first-order valence-electron chi connectivity index (χ1n) is 8.18. The fraction of sp³-hybridized carbons (Fsp3) is 0.562. The highest BCUT2D eigenvalue weighted by Crippen LogP contribution is 2.17. The topological polar surface area (TPSA) is 82.3 Å². The molecule has 1 aliphatic carbocycles. The van der Waals surface area contributed by atoms with Crippen LogP contribution in [0.5, 0.6) is 0 Å². The van der Waals surface area contributed by atoms with Gasteiger partial charge in [-0.25, -0.2) is 0 Å². The molecule has 1 atom stereocenters. The van der Waals surface area contributed by atoms with E-state index < -0.39 is 6.04 Å². The maximum atomic E-state index is 12.4. The van der Waals surface area contributed by atoms with Crippen LogP contribution in [0.1, 0.15) is 49.2 Å². The molecule has 0 aromatic carbocycles. The quantitative estimate of drug-likeness (QED) is 0.472. The van der Waals surface area contributed by atoms with Crippen molar-refractivity contribution >= 4 is 40.5 Å². The molecule has 2 amide bonds. The summed E-state index contributed by atoms with van der Waals surface area (Å²) < 4.78 is 0. The molecule has 0 radical (unpaired) electrons. The fourth-order valence-electron chi connectivity index (χ4n) is 2.64. The van der Waals surface area contributed by atoms with Crippen molar-refractivity contribution in [2.24, 2.45) is 5.92 Å². The molecule has 1 heterocycles. The smallest absolute Gasteiger partial charge is 0.262 e. The van der Waals surface area contributed by atoms with Crippen LogP contribution in [-0.2, 0) is 4.79 Å². The number of carbonyl (C=O) groups excluding carboxylic acids is 2. The predicted octanol–water partition coefficient (Wildman–Crippen LogP) is 1.94. The van der Waals surface area contributed by atoms with E-state index in [9.17, 15) is 9.59 Å². The Labute approximate surface area is 151 Å². The zero-order chi connectivity index (χ0) is 17.5. The summed E-state index contributed by atoms with van der Waals surface area (Å²) in [5, 5.41) is 8.19. The number of amides is 2. The van der Waals surface area contributed by atoms with Gasteiger partial charge in [0.25, 0.3) is 11.8 Å². The average molecular weight is 369 g/mol. The lowest BCUT2D eigenvalue weighted by molar-refractivity contribution is -0.124. The monoisotopic (exact) mass is 368 g/mol. The molecule has 1 fully saturated rings. The third kappa shape index (κ3) is 5.45. The molecule has 1 aromatic heterocycles. The second kappa shape index (κ2) is 8.98. The summed E-state index contributed by atoms with van der Waals surface area (Å²) in [7, 11) is 0. The number of thiophene rings is 1. The van der Waals surface area contributed by atoms with Crippen molar-refractivity contribution in [3.63, 3.8) is 0 Å². The Hall–Kier alpha value is -1.67. The normalized spacial score (nSPS) is 15.8. The lowest BCUT2D eigenvalue weighted by atomic mass is 10.0. The molecule has 2 rings (SSSR count). The van der Waals surface area contributed by atoms with E-state index in [0.717, 1.165) is 12.8 Å². The lowest BCUT2D eigenvalue weighted by Crippen LogP contribution is -2.56. The van der Waals surface area contributed by atoms with E-state index in [1.54, 1.807) is 12.1 Å². The molecule has 4 N–H and O–H groups in total. The van der Waals surface area contributed by atoms with Gasteiger partial charge in [0.15, 0.2) is 5.11 Å². The third-order valence-corrected chi connectivity index (χ3v) is 5.06. The standard InChI is InChI=1S/C16H24N4O2S2/c1-10(2)13(18-14(21)12-8-5-9-24-12)15(22)19-20-16(23)17-11-6-3-4-7-11/h5,8-11,13H,3-4,6-7H2,1-2H3,(H,18,21)(H,19,22)(H2,17,20,23)/t13-/m0/s1. The first-order chi connectivity index (χ1) is 11.5. The third-order valence-electron chi connectivity index (χ3n) is 3.97. The predicted molar refractivity (Wildman–Crippen MR) is 99.7 cm³/mol. The summed E-state index contributed by atoms with van der Waals surface area (Å²) in [4.78, 5) is 25.1. The first-order valence-corrected chi connectivity index (χ1v) is 9.47. The second-order valence-electron chi connectivity index (χ2n) is 6.24. The van der Waals surface area contributed by atoms with Gasteiger partial charge < -0.3 is 10.6 Å². The van der Waals surface area contributed by atoms with Gasteiger partial charge in [0, 0.05) is 6.04 Å². The van der Waals surface area contributed by atoms with Gasteiger partial charge >= 0.3 is 0 Å². The molecule has 24 heavy (non-hydrogen) atoms. The maximum Gasteiger partial charge on any atom is 0.262 e. The molecule has 1 aliphatic rings. The van der Waals surface area contributed by atoms with Crippen molar-refractivity contribution in [2.75, 3.05) is 0 Å². The summed E-state index contributed by atoms with van der Waals surface area (Å²) in [5.41, 5.74) is 5.31. The van der Waals surface area contributed by atoms with Gasteiger partial charge in [-0.3, -0.25) is 20.4 Å². The highest BCUT2D eigenvalue weighted by molar-refractivity contribution is 7.80. The second-order valence-corrected chi connectivity index (χ2v) is 7.60. The van der Waals surface area contributed by atoms with Gasteiger partial charge in [-0.1, -0.05) is 32.8 Å². The fourth-order valence-corrected chi connectivity index (χ4v) is 3.49. The summed E-state index contributed by atoms with van der Waals surface area (Å²) in [5.74, 6) is -0.608. The van der Waals surface area contributed by atoms with E-state index in [4.69, 9.17) is 12.2 Å². The van der Waals surface area contributed by atoms with Crippen LogP contribution in [0, 0.1) is 5.92 Å². The largest absolute Gasteiger partial charge is 0.359 e. The Morgan fingerprint density at radius 3 is 2.54 bits per heavy atom. The highest BCUT2D eigenvalue weighted by atomic mass is 32.1. The number of thiocarbonyl (C=S) groups is 1. The van der Waals surface area contributed by atoms with E-state index in [1.807, 2.05) is 19.2 Å². The van der Waals surface area contributed by atoms with Gasteiger partial charge in [-0.2, -0.15) is 0 Å². The minimum atomic E-state index is -0.638. The van der Waals surface area contributed by atoms with E-state index in [2.05, 4.69) is 21.5 Å². The van der Waals surface area contributed by atoms with Crippen LogP contribution in [0.3, 0.4) is 0 Å². The minimum absolute atomic E-state index is 0.0490. The van der Waals surface area contributed by atoms with Crippen molar-refractivity contribution in [3.05, 3.63) is 22.4 Å². The van der Waals surface area contributed by atoms with E-state index >= 15 is 0 Å². The van der Waals surface area contributed by atoms with Crippen molar-refractivity contribution < 1.29 is 9.59 Å². The SMILES string of the molecule is CC(C)[C@H](NC(=O)c1cccs1)C(=O)NNC(=S)NC1CCCC1. The van der Waals surface area contributed by atoms with Crippen molar-refractivity contribution in [1.29, 1.82) is 0 Å². The molecule has 8 heteroatoms. The molecule has 0 unspecified atom stereocenters. The Morgan fingerprint density at radius 1 is 1.25 bits per heavy atom. The Morgan fingerprint density at radius 2 is 1.96 bits per heavy atom. The number of hydrogen-bond donors (Lipinski definition) is 4. The number of hydrogen-bond acceptors (Lipinski definition) is 4. The Bertz CT molecular complexity index is 569. The van der Waals surface area contributed by atoms with Crippen LogP contribution >= 0.6 is 23.6 Å². The average Bonchev–Trinajstić information content (AvgIpc) is 3.23. The number of nitrogens with one attached hydrogen (secondary N) is 4. The molecule has 0 aliphatic heterocycles. The van der Waals surface area contributed by atoms with Gasteiger partial charge in [0.2, 0.25) is 0 Å². The van der Waals surface area contributed by atoms with Crippen molar-refractivity contribution in [1.82, 2.24) is 21.5 Å². The maximum absolute atomic E-state index is 12.4. The first kappa shape index (κ1) is 18.7. The molecule has 6 nitrogen and oxygen atoms in total. The minimum Gasteiger partial charge on any atom is -0.359 e. The Kier molecular flexibility index (Phi) is 6.99. The van der Waals surface area contributed by atoms with Crippen LogP contribution in [0.4, 0.5) is 0 Å². The van der Waals surface area contributed by atoms with Crippen molar-refractivity contribution in [2.45, 2.75) is 51.6 Å². The summed E-state index contributed by atoms with van der Waals surface area (Å²) in [6.07, 6.45) is 4.61. The summed E-state index contributed by atoms with van der Waals surface area (Å²) in [6, 6.07) is 3.27. The molecule has 1 saturated carbocycles. The summed E-state index contributed by atoms with van der Waals surface area (Å²) in [6.45, 7) is 3.77. The van der Waals surface area contributed by atoms with Crippen molar-refractivity contribution in [3.8, 4) is 0 Å². The van der Waals surface area contributed by atoms with Crippen LogP contribution < -0.4 is 21.5 Å². The molecular weight excluding hydrogens is 344 g/mol. The van der Waals surface area contributed by atoms with E-state index in [1.165, 1.54) is 24.2 Å². The molecule has 132 valence electrons. The molecule has 0 spiro atoms. The van der Waals surface area contributed by atoms with Crippen LogP contribution in [0.15, 0.2) is 17.5 Å².